The number of methoxy groups -OCH3 is 1. The Hall–Kier alpha value is -5.12. The SMILES string of the molecule is COC(=O)[C@H]1CC[C@@H](NC(=O)c2ccc(-n3c(-c4cccnc4N)nc4ccc(-c5ccccc5)nc43)cn2)CC1. The van der Waals surface area contributed by atoms with Gasteiger partial charge in [-0.1, -0.05) is 30.3 Å². The average molecular weight is 548 g/mol. The molecule has 0 spiro atoms. The standard InChI is InChI=1S/C31H29N7O3/c1-41-31(40)20-9-11-21(12-10-20)35-30(39)26-14-13-22(18-34-26)38-28(23-8-5-17-33-27(23)32)37-25-16-15-24(36-29(25)38)19-6-3-2-4-7-19/h2-8,13-18,20-21H,9-12H2,1H3,(H2,32,33)(H,35,39)/t20-,21+. The fourth-order valence-corrected chi connectivity index (χ4v) is 5.31. The molecule has 3 N–H and O–H groups in total. The molecule has 0 radical (unpaired) electrons. The van der Waals surface area contributed by atoms with Gasteiger partial charge in [-0.2, -0.15) is 0 Å². The maximum Gasteiger partial charge on any atom is 0.308 e. The molecule has 0 atom stereocenters. The van der Waals surface area contributed by atoms with E-state index in [1.54, 1.807) is 18.5 Å². The van der Waals surface area contributed by atoms with Crippen LogP contribution in [0.25, 0.3) is 39.5 Å². The zero-order valence-electron chi connectivity index (χ0n) is 22.5. The summed E-state index contributed by atoms with van der Waals surface area (Å²) in [6.45, 7) is 0. The van der Waals surface area contributed by atoms with E-state index in [1.165, 1.54) is 7.11 Å². The van der Waals surface area contributed by atoms with Gasteiger partial charge < -0.3 is 15.8 Å². The Kier molecular flexibility index (Phi) is 7.11. The first kappa shape index (κ1) is 26.1. The van der Waals surface area contributed by atoms with Crippen LogP contribution in [0.5, 0.6) is 0 Å². The zero-order chi connectivity index (χ0) is 28.3. The second-order valence-corrected chi connectivity index (χ2v) is 10.1. The summed E-state index contributed by atoms with van der Waals surface area (Å²) >= 11 is 0. The van der Waals surface area contributed by atoms with Gasteiger partial charge in [-0.25, -0.2) is 19.9 Å². The smallest absolute Gasteiger partial charge is 0.308 e. The molecule has 0 aliphatic heterocycles. The number of benzene rings is 1. The number of esters is 1. The first-order chi connectivity index (χ1) is 20.0. The molecule has 4 heterocycles. The number of hydrogen-bond acceptors (Lipinski definition) is 8. The molecular formula is C31H29N7O3. The van der Waals surface area contributed by atoms with Crippen molar-refractivity contribution in [3.63, 3.8) is 0 Å². The van der Waals surface area contributed by atoms with Gasteiger partial charge in [0, 0.05) is 17.8 Å². The van der Waals surface area contributed by atoms with Crippen LogP contribution in [0.1, 0.15) is 36.2 Å². The number of carbonyl (C=O) groups excluding carboxylic acids is 2. The van der Waals surface area contributed by atoms with E-state index in [4.69, 9.17) is 20.4 Å². The lowest BCUT2D eigenvalue weighted by molar-refractivity contribution is -0.146. The van der Waals surface area contributed by atoms with Crippen molar-refractivity contribution in [2.45, 2.75) is 31.7 Å². The number of ether oxygens (including phenoxy) is 1. The van der Waals surface area contributed by atoms with E-state index < -0.39 is 0 Å². The van der Waals surface area contributed by atoms with Crippen LogP contribution in [0, 0.1) is 5.92 Å². The van der Waals surface area contributed by atoms with Crippen LogP contribution in [0.15, 0.2) is 79.1 Å². The molecule has 5 aromatic rings. The topological polar surface area (TPSA) is 138 Å². The maximum atomic E-state index is 13.0. The Morgan fingerprint density at radius 3 is 2.44 bits per heavy atom. The van der Waals surface area contributed by atoms with Crippen LogP contribution >= 0.6 is 0 Å². The quantitative estimate of drug-likeness (QED) is 0.295. The highest BCUT2D eigenvalue weighted by Gasteiger charge is 2.28. The molecule has 0 saturated heterocycles. The third-order valence-corrected chi connectivity index (χ3v) is 7.49. The number of nitrogens with one attached hydrogen (secondary N) is 1. The number of amides is 1. The van der Waals surface area contributed by atoms with Crippen LogP contribution in [0.4, 0.5) is 5.82 Å². The van der Waals surface area contributed by atoms with Gasteiger partial charge in [0.15, 0.2) is 11.5 Å². The molecule has 4 aromatic heterocycles. The van der Waals surface area contributed by atoms with E-state index in [0.717, 1.165) is 24.1 Å². The lowest BCUT2D eigenvalue weighted by Crippen LogP contribution is -2.39. The van der Waals surface area contributed by atoms with Crippen LogP contribution in [0.3, 0.4) is 0 Å². The van der Waals surface area contributed by atoms with Gasteiger partial charge in [0.05, 0.1) is 36.2 Å². The molecule has 1 aromatic carbocycles. The minimum absolute atomic E-state index is 0.0109. The van der Waals surface area contributed by atoms with Crippen molar-refractivity contribution in [1.82, 2.24) is 29.8 Å². The van der Waals surface area contributed by atoms with E-state index >= 15 is 0 Å². The molecule has 10 heteroatoms. The van der Waals surface area contributed by atoms with Crippen molar-refractivity contribution >= 4 is 28.9 Å². The Bertz CT molecular complexity index is 1710. The van der Waals surface area contributed by atoms with Crippen molar-refractivity contribution in [2.24, 2.45) is 5.92 Å². The third kappa shape index (κ3) is 5.23. The van der Waals surface area contributed by atoms with Crippen molar-refractivity contribution in [2.75, 3.05) is 12.8 Å². The Labute approximate surface area is 236 Å². The molecule has 1 saturated carbocycles. The van der Waals surface area contributed by atoms with E-state index in [-0.39, 0.29) is 23.8 Å². The van der Waals surface area contributed by atoms with E-state index in [1.807, 2.05) is 65.2 Å². The number of pyridine rings is 3. The summed E-state index contributed by atoms with van der Waals surface area (Å²) in [5, 5.41) is 3.06. The van der Waals surface area contributed by atoms with Gasteiger partial charge in [-0.05, 0) is 62.1 Å². The largest absolute Gasteiger partial charge is 0.469 e. The molecule has 6 rings (SSSR count). The fourth-order valence-electron chi connectivity index (χ4n) is 5.31. The van der Waals surface area contributed by atoms with Gasteiger partial charge in [0.2, 0.25) is 0 Å². The number of rotatable bonds is 6. The second kappa shape index (κ2) is 11.2. The average Bonchev–Trinajstić information content (AvgIpc) is 3.40. The van der Waals surface area contributed by atoms with Gasteiger partial charge >= 0.3 is 5.97 Å². The van der Waals surface area contributed by atoms with E-state index in [0.29, 0.717) is 52.6 Å². The molecule has 0 bridgehead atoms. The second-order valence-electron chi connectivity index (χ2n) is 10.1. The van der Waals surface area contributed by atoms with Gasteiger partial charge in [0.25, 0.3) is 5.91 Å². The number of anilines is 1. The normalized spacial score (nSPS) is 16.8. The summed E-state index contributed by atoms with van der Waals surface area (Å²) in [6, 6.07) is 21.0. The van der Waals surface area contributed by atoms with Crippen LogP contribution in [0.2, 0.25) is 0 Å². The van der Waals surface area contributed by atoms with Gasteiger partial charge in [0.1, 0.15) is 17.0 Å². The number of carbonyl (C=O) groups is 2. The van der Waals surface area contributed by atoms with Crippen molar-refractivity contribution < 1.29 is 14.3 Å². The lowest BCUT2D eigenvalue weighted by Gasteiger charge is -2.27. The summed E-state index contributed by atoms with van der Waals surface area (Å²) in [6.07, 6.45) is 6.09. The predicted molar refractivity (Wildman–Crippen MR) is 155 cm³/mol. The first-order valence-corrected chi connectivity index (χ1v) is 13.5. The Balaban J connectivity index is 1.32. The highest BCUT2D eigenvalue weighted by molar-refractivity contribution is 5.92. The molecular weight excluding hydrogens is 518 g/mol. The molecule has 0 unspecified atom stereocenters. The predicted octanol–water partition coefficient (Wildman–Crippen LogP) is 4.59. The Morgan fingerprint density at radius 2 is 1.73 bits per heavy atom. The molecule has 206 valence electrons. The number of aromatic nitrogens is 5. The number of fused-ring (bicyclic) bond motifs is 1. The summed E-state index contributed by atoms with van der Waals surface area (Å²) in [7, 11) is 1.41. The lowest BCUT2D eigenvalue weighted by atomic mass is 9.86. The van der Waals surface area contributed by atoms with Gasteiger partial charge in [-0.3, -0.25) is 14.2 Å². The van der Waals surface area contributed by atoms with E-state index in [2.05, 4.69) is 15.3 Å². The summed E-state index contributed by atoms with van der Waals surface area (Å²) in [5.74, 6) is 0.379. The first-order valence-electron chi connectivity index (χ1n) is 13.5. The highest BCUT2D eigenvalue weighted by atomic mass is 16.5. The summed E-state index contributed by atoms with van der Waals surface area (Å²) < 4.78 is 6.75. The number of hydrogen-bond donors (Lipinski definition) is 2. The molecule has 10 nitrogen and oxygen atoms in total. The molecule has 1 aliphatic carbocycles. The van der Waals surface area contributed by atoms with Crippen LogP contribution < -0.4 is 11.1 Å². The highest BCUT2D eigenvalue weighted by Crippen LogP contribution is 2.31. The minimum Gasteiger partial charge on any atom is -0.469 e. The number of nitrogens with zero attached hydrogens (tertiary/aromatic N) is 5. The summed E-state index contributed by atoms with van der Waals surface area (Å²) in [5.41, 5.74) is 11.0. The van der Waals surface area contributed by atoms with Gasteiger partial charge in [-0.15, -0.1) is 0 Å². The molecule has 1 aliphatic rings. The Morgan fingerprint density at radius 1 is 0.927 bits per heavy atom. The molecule has 1 fully saturated rings. The van der Waals surface area contributed by atoms with Crippen molar-refractivity contribution in [3.05, 3.63) is 84.8 Å². The number of nitrogen functional groups attached to an aromatic ring is 1. The zero-order valence-corrected chi connectivity index (χ0v) is 22.5. The maximum absolute atomic E-state index is 13.0. The number of imidazole rings is 1. The minimum atomic E-state index is -0.255. The third-order valence-electron chi connectivity index (χ3n) is 7.49. The van der Waals surface area contributed by atoms with Crippen molar-refractivity contribution in [3.8, 4) is 28.3 Å². The van der Waals surface area contributed by atoms with E-state index in [9.17, 15) is 9.59 Å². The van der Waals surface area contributed by atoms with Crippen LogP contribution in [-0.4, -0.2) is 49.5 Å². The molecule has 1 amide bonds. The van der Waals surface area contributed by atoms with Crippen LogP contribution in [-0.2, 0) is 9.53 Å². The monoisotopic (exact) mass is 547 g/mol. The molecule has 41 heavy (non-hydrogen) atoms. The fraction of sp³-hybridized carbons (Fsp3) is 0.226. The summed E-state index contributed by atoms with van der Waals surface area (Å²) in [4.78, 5) is 43.4. The van der Waals surface area contributed by atoms with Crippen molar-refractivity contribution in [1.29, 1.82) is 0 Å². The number of nitrogens with two attached hydrogens (primary N) is 1.